The SMILES string of the molecule is CSc1ccc(Cc2c(O[C@H]3O[C@H](CO)[C@@H](O)[C@H](O)[C@H]3O)nn(C)c2C(F)(F)F)cc1. The summed E-state index contributed by atoms with van der Waals surface area (Å²) in [4.78, 5) is 0.948. The highest BCUT2D eigenvalue weighted by Gasteiger charge is 2.46. The van der Waals surface area contributed by atoms with Crippen LogP contribution in [0.1, 0.15) is 16.8 Å². The van der Waals surface area contributed by atoms with Gasteiger partial charge in [0.25, 0.3) is 0 Å². The molecule has 1 aliphatic rings. The first-order valence-corrected chi connectivity index (χ1v) is 10.5. The normalized spacial score (nSPS) is 26.8. The van der Waals surface area contributed by atoms with Gasteiger partial charge in [-0.05, 0) is 24.0 Å². The lowest BCUT2D eigenvalue weighted by molar-refractivity contribution is -0.278. The number of hydrogen-bond acceptors (Lipinski definition) is 8. The quantitative estimate of drug-likeness (QED) is 0.467. The molecule has 1 aromatic carbocycles. The first kappa shape index (κ1) is 23.8. The van der Waals surface area contributed by atoms with Crippen molar-refractivity contribution in [1.29, 1.82) is 0 Å². The standard InChI is InChI=1S/C19H23F3N2O6S/c1-24-16(19(20,21)22)11(7-9-3-5-10(31-2)6-4-9)17(23-24)30-18-15(28)14(27)13(26)12(8-25)29-18/h3-6,12-15,18,25-28H,7-8H2,1-2H3/t12-,13-,14+,15-,18-/m1/s1. The molecule has 0 saturated carbocycles. The molecule has 0 amide bonds. The van der Waals surface area contributed by atoms with E-state index in [0.29, 0.717) is 10.2 Å². The second kappa shape index (κ2) is 9.35. The van der Waals surface area contributed by atoms with Crippen LogP contribution in [0.4, 0.5) is 13.2 Å². The number of hydrogen-bond donors (Lipinski definition) is 4. The Balaban J connectivity index is 1.96. The first-order chi connectivity index (χ1) is 14.6. The van der Waals surface area contributed by atoms with Crippen LogP contribution in [0.2, 0.25) is 0 Å². The van der Waals surface area contributed by atoms with Gasteiger partial charge in [0.1, 0.15) is 30.1 Å². The van der Waals surface area contributed by atoms with E-state index in [1.165, 1.54) is 11.8 Å². The topological polar surface area (TPSA) is 117 Å². The van der Waals surface area contributed by atoms with Crippen molar-refractivity contribution < 1.29 is 43.1 Å². The number of alkyl halides is 3. The molecule has 0 bridgehead atoms. The number of halogens is 3. The lowest BCUT2D eigenvalue weighted by atomic mass is 9.99. The zero-order chi connectivity index (χ0) is 22.9. The number of nitrogens with zero attached hydrogens (tertiary/aromatic N) is 2. The molecular formula is C19H23F3N2O6S. The molecule has 3 rings (SSSR count). The van der Waals surface area contributed by atoms with Gasteiger partial charge in [-0.1, -0.05) is 12.1 Å². The molecule has 0 unspecified atom stereocenters. The second-order valence-corrected chi connectivity index (χ2v) is 7.97. The minimum atomic E-state index is -4.73. The van der Waals surface area contributed by atoms with Gasteiger partial charge in [-0.2, -0.15) is 13.2 Å². The van der Waals surface area contributed by atoms with Crippen molar-refractivity contribution in [1.82, 2.24) is 9.78 Å². The maximum atomic E-state index is 13.7. The fourth-order valence-corrected chi connectivity index (χ4v) is 3.78. The molecule has 1 fully saturated rings. The maximum Gasteiger partial charge on any atom is 0.433 e. The average Bonchev–Trinajstić information content (AvgIpc) is 3.03. The molecule has 8 nitrogen and oxygen atoms in total. The third-order valence-electron chi connectivity index (χ3n) is 4.99. The molecule has 172 valence electrons. The van der Waals surface area contributed by atoms with Crippen molar-refractivity contribution in [3.63, 3.8) is 0 Å². The summed E-state index contributed by atoms with van der Waals surface area (Å²) >= 11 is 1.49. The number of aromatic nitrogens is 2. The van der Waals surface area contributed by atoms with E-state index in [0.717, 1.165) is 11.9 Å². The molecule has 5 atom stereocenters. The van der Waals surface area contributed by atoms with Gasteiger partial charge in [0.15, 0.2) is 0 Å². The summed E-state index contributed by atoms with van der Waals surface area (Å²) in [5.74, 6) is -0.437. The largest absolute Gasteiger partial charge is 0.443 e. The van der Waals surface area contributed by atoms with Crippen LogP contribution in [-0.2, 0) is 24.4 Å². The minimum Gasteiger partial charge on any atom is -0.443 e. The predicted molar refractivity (Wildman–Crippen MR) is 104 cm³/mol. The summed E-state index contributed by atoms with van der Waals surface area (Å²) in [6.07, 6.45) is -11.1. The van der Waals surface area contributed by atoms with Gasteiger partial charge in [0, 0.05) is 18.4 Å². The first-order valence-electron chi connectivity index (χ1n) is 9.30. The van der Waals surface area contributed by atoms with Crippen LogP contribution in [0.3, 0.4) is 0 Å². The number of rotatable bonds is 6. The number of ether oxygens (including phenoxy) is 2. The van der Waals surface area contributed by atoms with Crippen LogP contribution < -0.4 is 4.74 Å². The smallest absolute Gasteiger partial charge is 0.433 e. The van der Waals surface area contributed by atoms with E-state index < -0.39 is 55.1 Å². The van der Waals surface area contributed by atoms with E-state index in [-0.39, 0.29) is 12.0 Å². The average molecular weight is 464 g/mol. The summed E-state index contributed by atoms with van der Waals surface area (Å²) in [5, 5.41) is 43.0. The maximum absolute atomic E-state index is 13.7. The summed E-state index contributed by atoms with van der Waals surface area (Å²) < 4.78 is 52.5. The predicted octanol–water partition coefficient (Wildman–Crippen LogP) is 0.930. The minimum absolute atomic E-state index is 0.163. The lowest BCUT2D eigenvalue weighted by Crippen LogP contribution is -2.60. The van der Waals surface area contributed by atoms with Crippen LogP contribution in [-0.4, -0.2) is 73.8 Å². The summed E-state index contributed by atoms with van der Waals surface area (Å²) in [6, 6.07) is 6.94. The van der Waals surface area contributed by atoms with E-state index >= 15 is 0 Å². The van der Waals surface area contributed by atoms with Crippen LogP contribution in [0.15, 0.2) is 29.2 Å². The monoisotopic (exact) mass is 464 g/mol. The molecule has 1 aliphatic heterocycles. The van der Waals surface area contributed by atoms with Gasteiger partial charge in [0.05, 0.1) is 12.2 Å². The van der Waals surface area contributed by atoms with Gasteiger partial charge >= 0.3 is 6.18 Å². The third-order valence-corrected chi connectivity index (χ3v) is 5.74. The van der Waals surface area contributed by atoms with Crippen molar-refractivity contribution in [3.8, 4) is 5.88 Å². The van der Waals surface area contributed by atoms with Crippen molar-refractivity contribution >= 4 is 11.8 Å². The zero-order valence-electron chi connectivity index (χ0n) is 16.7. The number of benzene rings is 1. The van der Waals surface area contributed by atoms with Gasteiger partial charge in [-0.15, -0.1) is 16.9 Å². The Labute approximate surface area is 180 Å². The highest BCUT2D eigenvalue weighted by molar-refractivity contribution is 7.98. The number of thioether (sulfide) groups is 1. The molecule has 4 N–H and O–H groups in total. The van der Waals surface area contributed by atoms with Crippen molar-refractivity contribution in [3.05, 3.63) is 41.1 Å². The van der Waals surface area contributed by atoms with Crippen LogP contribution in [0, 0.1) is 0 Å². The fourth-order valence-electron chi connectivity index (χ4n) is 3.37. The van der Waals surface area contributed by atoms with Crippen molar-refractivity contribution in [2.75, 3.05) is 12.9 Å². The van der Waals surface area contributed by atoms with Crippen LogP contribution >= 0.6 is 11.8 Å². The second-order valence-electron chi connectivity index (χ2n) is 7.09. The Morgan fingerprint density at radius 2 is 1.77 bits per heavy atom. The molecule has 12 heteroatoms. The molecule has 0 spiro atoms. The lowest BCUT2D eigenvalue weighted by Gasteiger charge is -2.39. The molecule has 2 aromatic rings. The summed E-state index contributed by atoms with van der Waals surface area (Å²) in [6.45, 7) is -0.699. The van der Waals surface area contributed by atoms with Gasteiger partial charge in [-0.3, -0.25) is 4.68 Å². The molecule has 1 aromatic heterocycles. The molecule has 0 aliphatic carbocycles. The van der Waals surface area contributed by atoms with Gasteiger partial charge < -0.3 is 29.9 Å². The molecule has 1 saturated heterocycles. The number of aliphatic hydroxyl groups is 4. The van der Waals surface area contributed by atoms with E-state index in [1.54, 1.807) is 24.3 Å². The Kier molecular flexibility index (Phi) is 7.18. The Morgan fingerprint density at radius 3 is 2.32 bits per heavy atom. The van der Waals surface area contributed by atoms with Crippen LogP contribution in [0.5, 0.6) is 5.88 Å². The Morgan fingerprint density at radius 1 is 1.13 bits per heavy atom. The fraction of sp³-hybridized carbons (Fsp3) is 0.526. The number of aliphatic hydroxyl groups excluding tert-OH is 4. The third kappa shape index (κ3) is 4.99. The Bertz CT molecular complexity index is 890. The zero-order valence-corrected chi connectivity index (χ0v) is 17.5. The highest BCUT2D eigenvalue weighted by Crippen LogP contribution is 2.38. The van der Waals surface area contributed by atoms with E-state index in [1.807, 2.05) is 6.26 Å². The van der Waals surface area contributed by atoms with Gasteiger partial charge in [-0.25, -0.2) is 0 Å². The van der Waals surface area contributed by atoms with E-state index in [2.05, 4.69) is 5.10 Å². The highest BCUT2D eigenvalue weighted by atomic mass is 32.2. The van der Waals surface area contributed by atoms with Crippen molar-refractivity contribution in [2.24, 2.45) is 7.05 Å². The van der Waals surface area contributed by atoms with Gasteiger partial charge in [0.2, 0.25) is 12.2 Å². The van der Waals surface area contributed by atoms with Crippen LogP contribution in [0.25, 0.3) is 0 Å². The Hall–Kier alpha value is -1.83. The van der Waals surface area contributed by atoms with E-state index in [4.69, 9.17) is 9.47 Å². The molecule has 31 heavy (non-hydrogen) atoms. The summed E-state index contributed by atoms with van der Waals surface area (Å²) in [5.41, 5.74) is -0.722. The van der Waals surface area contributed by atoms with E-state index in [9.17, 15) is 33.6 Å². The molecule has 0 radical (unpaired) electrons. The number of aryl methyl sites for hydroxylation is 1. The van der Waals surface area contributed by atoms with Crippen molar-refractivity contribution in [2.45, 2.75) is 48.2 Å². The molecular weight excluding hydrogens is 441 g/mol. The summed E-state index contributed by atoms with van der Waals surface area (Å²) in [7, 11) is 1.11. The molecule has 2 heterocycles.